The minimum Gasteiger partial charge on any atom is -0.481 e. The minimum absolute atomic E-state index is 0.225. The largest absolute Gasteiger partial charge is 0.481 e. The first-order valence-corrected chi connectivity index (χ1v) is 9.61. The molecule has 2 aliphatic heterocycles. The molecule has 0 radical (unpaired) electrons. The fourth-order valence-electron chi connectivity index (χ4n) is 4.04. The maximum Gasteiger partial charge on any atom is 0.314 e. The number of benzene rings is 2. The summed E-state index contributed by atoms with van der Waals surface area (Å²) in [5.41, 5.74) is 0.612. The van der Waals surface area contributed by atoms with Gasteiger partial charge in [0.2, 0.25) is 0 Å². The lowest BCUT2D eigenvalue weighted by molar-refractivity contribution is -0.145. The Morgan fingerprint density at radius 3 is 2.45 bits per heavy atom. The van der Waals surface area contributed by atoms with Crippen molar-refractivity contribution < 1.29 is 24.2 Å². The third-order valence-corrected chi connectivity index (χ3v) is 5.81. The van der Waals surface area contributed by atoms with E-state index in [1.807, 2.05) is 30.3 Å². The van der Waals surface area contributed by atoms with Gasteiger partial charge in [-0.2, -0.15) is 0 Å². The highest BCUT2D eigenvalue weighted by atomic mass is 16.5. The highest BCUT2D eigenvalue weighted by Crippen LogP contribution is 2.38. The third kappa shape index (κ3) is 3.22. The SMILES string of the molecule is CC1Oc2c(cccc2C(=O)N2CCC(C(=O)O)(c3ccccc3)CC2)NC1=O. The highest BCUT2D eigenvalue weighted by Gasteiger charge is 2.44. The Morgan fingerprint density at radius 1 is 1.10 bits per heavy atom. The van der Waals surface area contributed by atoms with Gasteiger partial charge in [-0.3, -0.25) is 14.4 Å². The molecule has 0 saturated carbocycles. The van der Waals surface area contributed by atoms with E-state index in [1.54, 1.807) is 30.0 Å². The molecule has 0 aromatic heterocycles. The predicted octanol–water partition coefficient (Wildman–Crippen LogP) is 2.66. The van der Waals surface area contributed by atoms with Gasteiger partial charge in [0.05, 0.1) is 16.7 Å². The molecule has 2 aromatic rings. The molecule has 1 atom stereocenters. The second kappa shape index (κ2) is 7.24. The summed E-state index contributed by atoms with van der Waals surface area (Å²) in [5, 5.41) is 12.7. The number of carbonyl (C=O) groups excluding carboxylic acids is 2. The number of rotatable bonds is 3. The molecule has 0 bridgehead atoms. The van der Waals surface area contributed by atoms with Gasteiger partial charge in [0, 0.05) is 13.1 Å². The van der Waals surface area contributed by atoms with Gasteiger partial charge in [-0.15, -0.1) is 0 Å². The number of carbonyl (C=O) groups is 3. The van der Waals surface area contributed by atoms with Crippen LogP contribution in [0, 0.1) is 0 Å². The fourth-order valence-corrected chi connectivity index (χ4v) is 4.04. The van der Waals surface area contributed by atoms with Crippen molar-refractivity contribution in [1.82, 2.24) is 4.90 Å². The van der Waals surface area contributed by atoms with Gasteiger partial charge in [-0.05, 0) is 37.5 Å². The van der Waals surface area contributed by atoms with Crippen LogP contribution in [0.2, 0.25) is 0 Å². The summed E-state index contributed by atoms with van der Waals surface area (Å²) < 4.78 is 5.68. The molecule has 2 aromatic carbocycles. The molecule has 0 aliphatic carbocycles. The normalized spacial score (nSPS) is 20.2. The number of piperidine rings is 1. The summed E-state index contributed by atoms with van der Waals surface area (Å²) in [5.74, 6) is -0.984. The van der Waals surface area contributed by atoms with Crippen molar-refractivity contribution in [3.63, 3.8) is 0 Å². The smallest absolute Gasteiger partial charge is 0.314 e. The number of hydrogen-bond acceptors (Lipinski definition) is 4. The van der Waals surface area contributed by atoms with Gasteiger partial charge in [-0.1, -0.05) is 36.4 Å². The van der Waals surface area contributed by atoms with Crippen LogP contribution in [0.3, 0.4) is 0 Å². The average molecular weight is 394 g/mol. The van der Waals surface area contributed by atoms with Crippen molar-refractivity contribution in [3.8, 4) is 5.75 Å². The molecule has 150 valence electrons. The number of carboxylic acids is 1. The predicted molar refractivity (Wildman–Crippen MR) is 106 cm³/mol. The third-order valence-electron chi connectivity index (χ3n) is 5.81. The Hall–Kier alpha value is -3.35. The number of fused-ring (bicyclic) bond motifs is 1. The molecule has 2 aliphatic rings. The van der Waals surface area contributed by atoms with E-state index in [4.69, 9.17) is 4.74 Å². The van der Waals surface area contributed by atoms with Crippen LogP contribution in [0.1, 0.15) is 35.7 Å². The number of aliphatic carboxylic acids is 1. The number of likely N-dealkylation sites (tertiary alicyclic amines) is 1. The Morgan fingerprint density at radius 2 is 1.79 bits per heavy atom. The molecule has 7 heteroatoms. The second-order valence-electron chi connectivity index (χ2n) is 7.48. The number of para-hydroxylation sites is 1. The summed E-state index contributed by atoms with van der Waals surface area (Å²) in [6.07, 6.45) is -0.0158. The Kier molecular flexibility index (Phi) is 4.74. The molecule has 1 fully saturated rings. The number of anilines is 1. The molecule has 2 amide bonds. The van der Waals surface area contributed by atoms with Crippen molar-refractivity contribution in [1.29, 1.82) is 0 Å². The molecule has 7 nitrogen and oxygen atoms in total. The van der Waals surface area contributed by atoms with Gasteiger partial charge in [0.25, 0.3) is 11.8 Å². The van der Waals surface area contributed by atoms with E-state index >= 15 is 0 Å². The average Bonchev–Trinajstić information content (AvgIpc) is 2.74. The van der Waals surface area contributed by atoms with E-state index in [1.165, 1.54) is 0 Å². The molecular formula is C22H22N2O5. The minimum atomic E-state index is -0.993. The van der Waals surface area contributed by atoms with Gasteiger partial charge < -0.3 is 20.1 Å². The quantitative estimate of drug-likeness (QED) is 0.834. The van der Waals surface area contributed by atoms with Crippen molar-refractivity contribution >= 4 is 23.5 Å². The van der Waals surface area contributed by atoms with Crippen LogP contribution in [-0.4, -0.2) is 47.0 Å². The first-order valence-electron chi connectivity index (χ1n) is 9.61. The number of ether oxygens (including phenoxy) is 1. The molecule has 29 heavy (non-hydrogen) atoms. The van der Waals surface area contributed by atoms with E-state index in [2.05, 4.69) is 5.32 Å². The first-order chi connectivity index (χ1) is 13.9. The van der Waals surface area contributed by atoms with Gasteiger partial charge in [0.1, 0.15) is 0 Å². The first kappa shape index (κ1) is 19.0. The van der Waals surface area contributed by atoms with E-state index in [9.17, 15) is 19.5 Å². The van der Waals surface area contributed by atoms with Crippen molar-refractivity contribution in [2.24, 2.45) is 0 Å². The number of hydrogen-bond donors (Lipinski definition) is 2. The van der Waals surface area contributed by atoms with Crippen LogP contribution in [-0.2, 0) is 15.0 Å². The van der Waals surface area contributed by atoms with E-state index in [0.717, 1.165) is 5.56 Å². The van der Waals surface area contributed by atoms with Crippen LogP contribution >= 0.6 is 0 Å². The molecule has 4 rings (SSSR count). The van der Waals surface area contributed by atoms with E-state index in [0.29, 0.717) is 42.9 Å². The zero-order valence-corrected chi connectivity index (χ0v) is 16.1. The zero-order chi connectivity index (χ0) is 20.6. The highest BCUT2D eigenvalue weighted by molar-refractivity contribution is 6.04. The monoisotopic (exact) mass is 394 g/mol. The molecule has 0 spiro atoms. The molecule has 1 saturated heterocycles. The molecular weight excluding hydrogens is 372 g/mol. The molecule has 2 N–H and O–H groups in total. The van der Waals surface area contributed by atoms with Crippen molar-refractivity contribution in [2.45, 2.75) is 31.3 Å². The van der Waals surface area contributed by atoms with Crippen LogP contribution in [0.4, 0.5) is 5.69 Å². The molecule has 2 heterocycles. The van der Waals surface area contributed by atoms with Gasteiger partial charge >= 0.3 is 5.97 Å². The van der Waals surface area contributed by atoms with Crippen molar-refractivity contribution in [3.05, 3.63) is 59.7 Å². The lowest BCUT2D eigenvalue weighted by atomic mass is 9.72. The number of amides is 2. The van der Waals surface area contributed by atoms with Gasteiger partial charge in [-0.25, -0.2) is 0 Å². The summed E-state index contributed by atoms with van der Waals surface area (Å²) in [6, 6.07) is 14.2. The van der Waals surface area contributed by atoms with Crippen LogP contribution in [0.5, 0.6) is 5.75 Å². The zero-order valence-electron chi connectivity index (χ0n) is 16.1. The number of carboxylic acid groups (broad SMARTS) is 1. The Labute approximate surface area is 168 Å². The topological polar surface area (TPSA) is 95.9 Å². The van der Waals surface area contributed by atoms with Crippen LogP contribution in [0.25, 0.3) is 0 Å². The van der Waals surface area contributed by atoms with Crippen LogP contribution in [0.15, 0.2) is 48.5 Å². The van der Waals surface area contributed by atoms with Gasteiger partial charge in [0.15, 0.2) is 11.9 Å². The number of nitrogens with zero attached hydrogens (tertiary/aromatic N) is 1. The lowest BCUT2D eigenvalue weighted by Gasteiger charge is -2.39. The summed E-state index contributed by atoms with van der Waals surface area (Å²) >= 11 is 0. The molecule has 1 unspecified atom stereocenters. The maximum atomic E-state index is 13.2. The standard InChI is InChI=1S/C22H22N2O5/c1-14-19(25)23-17-9-5-8-16(18(17)29-14)20(26)24-12-10-22(11-13-24,21(27)28)15-6-3-2-4-7-15/h2-9,14H,10-13H2,1H3,(H,23,25)(H,27,28). The van der Waals surface area contributed by atoms with E-state index < -0.39 is 17.5 Å². The lowest BCUT2D eigenvalue weighted by Crippen LogP contribution is -2.49. The van der Waals surface area contributed by atoms with Crippen LogP contribution < -0.4 is 10.1 Å². The fraction of sp³-hybridized carbons (Fsp3) is 0.318. The Balaban J connectivity index is 1.57. The second-order valence-corrected chi connectivity index (χ2v) is 7.48. The Bertz CT molecular complexity index is 964. The summed E-state index contributed by atoms with van der Waals surface area (Å²) in [7, 11) is 0. The number of nitrogens with one attached hydrogen (secondary N) is 1. The van der Waals surface area contributed by atoms with Crippen molar-refractivity contribution in [2.75, 3.05) is 18.4 Å². The van der Waals surface area contributed by atoms with E-state index in [-0.39, 0.29) is 11.8 Å². The summed E-state index contributed by atoms with van der Waals surface area (Å²) in [6.45, 7) is 2.28. The summed E-state index contributed by atoms with van der Waals surface area (Å²) in [4.78, 5) is 38.8. The maximum absolute atomic E-state index is 13.2.